The van der Waals surface area contributed by atoms with E-state index in [9.17, 15) is 14.4 Å². The van der Waals surface area contributed by atoms with E-state index in [0.29, 0.717) is 39.4 Å². The number of esters is 1. The lowest BCUT2D eigenvalue weighted by Crippen LogP contribution is -2.40. The van der Waals surface area contributed by atoms with Crippen LogP contribution in [0.4, 0.5) is 5.69 Å². The molecule has 1 unspecified atom stereocenters. The summed E-state index contributed by atoms with van der Waals surface area (Å²) in [5.74, 6) is -1.24. The van der Waals surface area contributed by atoms with E-state index < -0.39 is 5.97 Å². The van der Waals surface area contributed by atoms with E-state index in [4.69, 9.17) is 15.5 Å². The molecule has 172 valence electrons. The lowest BCUT2D eigenvalue weighted by molar-refractivity contribution is -0.123. The lowest BCUT2D eigenvalue weighted by atomic mass is 9.97. The van der Waals surface area contributed by atoms with Crippen LogP contribution in [0, 0.1) is 12.8 Å². The Morgan fingerprint density at radius 2 is 2.09 bits per heavy atom. The van der Waals surface area contributed by atoms with Gasteiger partial charge in [0.1, 0.15) is 9.71 Å². The molecular formula is C24H26N4O4S. The Balaban J connectivity index is 1.62. The van der Waals surface area contributed by atoms with Crippen LogP contribution in [-0.2, 0) is 16.1 Å². The summed E-state index contributed by atoms with van der Waals surface area (Å²) < 4.78 is 4.94. The smallest absolute Gasteiger partial charge is 0.350 e. The van der Waals surface area contributed by atoms with Crippen molar-refractivity contribution in [3.05, 3.63) is 58.1 Å². The van der Waals surface area contributed by atoms with Crippen LogP contribution in [-0.4, -0.2) is 47.9 Å². The minimum atomic E-state index is -0.528. The molecule has 2 aromatic heterocycles. The van der Waals surface area contributed by atoms with E-state index in [1.165, 1.54) is 18.4 Å². The van der Waals surface area contributed by atoms with Gasteiger partial charge in [-0.25, -0.2) is 9.78 Å². The van der Waals surface area contributed by atoms with Gasteiger partial charge in [-0.05, 0) is 50.6 Å². The number of primary amides is 1. The van der Waals surface area contributed by atoms with Gasteiger partial charge < -0.3 is 15.8 Å². The Morgan fingerprint density at radius 1 is 1.27 bits per heavy atom. The van der Waals surface area contributed by atoms with Crippen molar-refractivity contribution >= 4 is 45.0 Å². The van der Waals surface area contributed by atoms with Crippen LogP contribution in [0.25, 0.3) is 10.2 Å². The number of thiophene rings is 1. The maximum atomic E-state index is 12.9. The van der Waals surface area contributed by atoms with Gasteiger partial charge in [0.25, 0.3) is 5.91 Å². The number of hydrogen-bond donors (Lipinski definition) is 2. The molecule has 0 saturated carbocycles. The maximum Gasteiger partial charge on any atom is 0.350 e. The van der Waals surface area contributed by atoms with Crippen LogP contribution in [0.15, 0.2) is 36.4 Å². The minimum absolute atomic E-state index is 0.140. The van der Waals surface area contributed by atoms with Gasteiger partial charge in [0, 0.05) is 24.0 Å². The number of piperidine rings is 1. The molecule has 33 heavy (non-hydrogen) atoms. The third kappa shape index (κ3) is 5.04. The number of nitrogens with two attached hydrogens (primary N) is 1. The number of fused-ring (bicyclic) bond motifs is 1. The second-order valence-corrected chi connectivity index (χ2v) is 9.25. The summed E-state index contributed by atoms with van der Waals surface area (Å²) in [5.41, 5.74) is 8.18. The lowest BCUT2D eigenvalue weighted by Gasteiger charge is -2.30. The Morgan fingerprint density at radius 3 is 2.82 bits per heavy atom. The molecule has 1 aliphatic heterocycles. The Bertz CT molecular complexity index is 1220. The third-order valence-corrected chi connectivity index (χ3v) is 6.88. The summed E-state index contributed by atoms with van der Waals surface area (Å²) in [6.45, 7) is 3.98. The van der Waals surface area contributed by atoms with Gasteiger partial charge in [-0.2, -0.15) is 0 Å². The summed E-state index contributed by atoms with van der Waals surface area (Å²) in [4.78, 5) is 44.7. The highest BCUT2D eigenvalue weighted by atomic mass is 32.1. The molecule has 1 fully saturated rings. The number of carbonyl (C=O) groups is 3. The average Bonchev–Trinajstić information content (AvgIpc) is 3.16. The molecule has 4 rings (SSSR count). The van der Waals surface area contributed by atoms with Crippen LogP contribution in [0.1, 0.15) is 44.1 Å². The first-order valence-electron chi connectivity index (χ1n) is 10.8. The predicted molar refractivity (Wildman–Crippen MR) is 127 cm³/mol. The number of rotatable bonds is 6. The second-order valence-electron chi connectivity index (χ2n) is 8.25. The highest BCUT2D eigenvalue weighted by Gasteiger charge is 2.25. The van der Waals surface area contributed by atoms with Gasteiger partial charge in [0.15, 0.2) is 0 Å². The summed E-state index contributed by atoms with van der Waals surface area (Å²) in [6.07, 6.45) is 1.73. The van der Waals surface area contributed by atoms with E-state index in [1.54, 1.807) is 12.1 Å². The topological polar surface area (TPSA) is 115 Å². The number of nitrogens with zero attached hydrogens (tertiary/aromatic N) is 2. The maximum absolute atomic E-state index is 12.9. The second kappa shape index (κ2) is 9.68. The molecule has 0 radical (unpaired) electrons. The third-order valence-electron chi connectivity index (χ3n) is 5.80. The molecule has 8 nitrogen and oxygen atoms in total. The molecule has 1 aliphatic rings. The molecule has 0 spiro atoms. The molecule has 3 N–H and O–H groups in total. The van der Waals surface area contributed by atoms with Crippen molar-refractivity contribution in [3.63, 3.8) is 0 Å². The van der Waals surface area contributed by atoms with Crippen molar-refractivity contribution in [2.75, 3.05) is 25.5 Å². The molecule has 0 bridgehead atoms. The Kier molecular flexibility index (Phi) is 6.71. The number of ether oxygens (including phenoxy) is 1. The highest BCUT2D eigenvalue weighted by molar-refractivity contribution is 7.21. The minimum Gasteiger partial charge on any atom is -0.465 e. The quantitative estimate of drug-likeness (QED) is 0.539. The van der Waals surface area contributed by atoms with Crippen LogP contribution in [0.3, 0.4) is 0 Å². The number of aromatic nitrogens is 1. The van der Waals surface area contributed by atoms with Crippen molar-refractivity contribution < 1.29 is 19.1 Å². The van der Waals surface area contributed by atoms with Crippen LogP contribution in [0.5, 0.6) is 0 Å². The fourth-order valence-electron chi connectivity index (χ4n) is 4.10. The van der Waals surface area contributed by atoms with E-state index >= 15 is 0 Å². The number of carbonyl (C=O) groups excluding carboxylic acids is 3. The Labute approximate surface area is 195 Å². The predicted octanol–water partition coefficient (Wildman–Crippen LogP) is 3.34. The first kappa shape index (κ1) is 22.9. The van der Waals surface area contributed by atoms with Crippen molar-refractivity contribution in [2.45, 2.75) is 26.3 Å². The summed E-state index contributed by atoms with van der Waals surface area (Å²) in [6, 6.07) is 11.0. The van der Waals surface area contributed by atoms with Crippen molar-refractivity contribution in [2.24, 2.45) is 11.7 Å². The number of hydrogen-bond acceptors (Lipinski definition) is 7. The molecular weight excluding hydrogens is 440 g/mol. The van der Waals surface area contributed by atoms with Crippen LogP contribution >= 0.6 is 11.3 Å². The normalized spacial score (nSPS) is 16.5. The zero-order valence-electron chi connectivity index (χ0n) is 18.6. The van der Waals surface area contributed by atoms with Gasteiger partial charge in [0.2, 0.25) is 5.91 Å². The number of likely N-dealkylation sites (tertiary alicyclic amines) is 1. The summed E-state index contributed by atoms with van der Waals surface area (Å²) >= 11 is 1.19. The highest BCUT2D eigenvalue weighted by Crippen LogP contribution is 2.36. The molecule has 1 aromatic carbocycles. The average molecular weight is 467 g/mol. The van der Waals surface area contributed by atoms with Gasteiger partial charge in [-0.3, -0.25) is 14.5 Å². The van der Waals surface area contributed by atoms with Gasteiger partial charge in [0.05, 0.1) is 24.4 Å². The van der Waals surface area contributed by atoms with Crippen LogP contribution < -0.4 is 11.1 Å². The number of benzene rings is 1. The first-order valence-corrected chi connectivity index (χ1v) is 11.6. The molecule has 1 atom stereocenters. The SMILES string of the molecule is COC(=O)c1sc2nc(CN3CCCC(C(N)=O)C3)ccc2c1NC(=O)c1cccc(C)c1. The van der Waals surface area contributed by atoms with E-state index in [-0.39, 0.29) is 17.7 Å². The monoisotopic (exact) mass is 466 g/mol. The molecule has 3 aromatic rings. The fraction of sp³-hybridized carbons (Fsp3) is 0.333. The van der Waals surface area contributed by atoms with Crippen molar-refractivity contribution in [1.29, 1.82) is 0 Å². The number of aryl methyl sites for hydroxylation is 1. The van der Waals surface area contributed by atoms with E-state index in [0.717, 1.165) is 30.6 Å². The molecule has 9 heteroatoms. The molecule has 3 heterocycles. The number of pyridine rings is 1. The molecule has 0 aliphatic carbocycles. The zero-order chi connectivity index (χ0) is 23.5. The zero-order valence-corrected chi connectivity index (χ0v) is 19.4. The Hall–Kier alpha value is -3.30. The van der Waals surface area contributed by atoms with E-state index in [1.807, 2.05) is 31.2 Å². The van der Waals surface area contributed by atoms with Crippen LogP contribution in [0.2, 0.25) is 0 Å². The van der Waals surface area contributed by atoms with Crippen molar-refractivity contribution in [3.8, 4) is 0 Å². The molecule has 1 saturated heterocycles. The van der Waals surface area contributed by atoms with Gasteiger partial charge in [-0.1, -0.05) is 17.7 Å². The fourth-order valence-corrected chi connectivity index (χ4v) is 5.16. The van der Waals surface area contributed by atoms with Crippen molar-refractivity contribution in [1.82, 2.24) is 9.88 Å². The first-order chi connectivity index (χ1) is 15.9. The number of amides is 2. The number of methoxy groups -OCH3 is 1. The number of nitrogens with one attached hydrogen (secondary N) is 1. The number of anilines is 1. The largest absolute Gasteiger partial charge is 0.465 e. The summed E-state index contributed by atoms with van der Waals surface area (Å²) in [5, 5.41) is 3.56. The summed E-state index contributed by atoms with van der Waals surface area (Å²) in [7, 11) is 1.31. The van der Waals surface area contributed by atoms with Gasteiger partial charge >= 0.3 is 5.97 Å². The van der Waals surface area contributed by atoms with E-state index in [2.05, 4.69) is 10.2 Å². The molecule has 2 amide bonds. The standard InChI is InChI=1S/C24H26N4O4S/c1-14-5-3-6-15(11-14)22(30)27-19-18-9-8-17(26-23(18)33-20(19)24(31)32-2)13-28-10-4-7-16(12-28)21(25)29/h3,5-6,8-9,11,16H,4,7,10,12-13H2,1-2H3,(H2,25,29)(H,27,30). The van der Waals surface area contributed by atoms with Gasteiger partial charge in [-0.15, -0.1) is 11.3 Å².